The Morgan fingerprint density at radius 1 is 0.414 bits per heavy atom. The van der Waals surface area contributed by atoms with Crippen molar-refractivity contribution in [3.05, 3.63) is 85.1 Å². The van der Waals surface area contributed by atoms with Crippen LogP contribution in [0, 0.1) is 0 Å². The van der Waals surface area contributed by atoms with E-state index in [1.54, 1.807) is 0 Å². The zero-order valence-corrected chi connectivity index (χ0v) is 45.1. The molecule has 2 N–H and O–H groups in total. The molecule has 0 aromatic carbocycles. The molecule has 3 unspecified atom stereocenters. The molecular weight excluding hydrogens is 904 g/mol. The SMILES string of the molecule is CC/C=C\C/C=C\C/C=C\C/C=C\CCCCCCC(=O)OCC(COP(=O)(O)OCC(CO)OC(=O)CCCCCCCCCCCCC)OC(=O)CCCCCCC/C=C\C/C=C\C/C=C\CC. The maximum atomic E-state index is 12.9. The number of ether oxygens (including phenoxy) is 3. The van der Waals surface area contributed by atoms with Crippen molar-refractivity contribution in [2.75, 3.05) is 26.4 Å². The van der Waals surface area contributed by atoms with Gasteiger partial charge in [0, 0.05) is 19.3 Å². The van der Waals surface area contributed by atoms with Crippen molar-refractivity contribution in [1.29, 1.82) is 0 Å². The van der Waals surface area contributed by atoms with Crippen LogP contribution in [0.1, 0.15) is 226 Å². The zero-order valence-electron chi connectivity index (χ0n) is 44.2. The van der Waals surface area contributed by atoms with E-state index in [0.717, 1.165) is 122 Å². The maximum absolute atomic E-state index is 12.9. The van der Waals surface area contributed by atoms with Crippen molar-refractivity contribution in [2.24, 2.45) is 0 Å². The number of phosphoric ester groups is 1. The molecule has 0 aliphatic rings. The molecule has 0 aromatic rings. The van der Waals surface area contributed by atoms with Crippen molar-refractivity contribution >= 4 is 25.7 Å². The normalized spacial score (nSPS) is 14.1. The van der Waals surface area contributed by atoms with Crippen molar-refractivity contribution < 1.29 is 52.2 Å². The van der Waals surface area contributed by atoms with Gasteiger partial charge in [-0.2, -0.15) is 0 Å². The van der Waals surface area contributed by atoms with Crippen LogP contribution in [0.4, 0.5) is 0 Å². The molecule has 0 fully saturated rings. The van der Waals surface area contributed by atoms with Gasteiger partial charge in [-0.3, -0.25) is 23.4 Å². The number of aliphatic hydroxyl groups is 1. The fourth-order valence-corrected chi connectivity index (χ4v) is 7.97. The Kier molecular flexibility index (Phi) is 49.5. The molecular formula is C58H99O11P. The third kappa shape index (κ3) is 49.6. The van der Waals surface area contributed by atoms with Crippen molar-refractivity contribution in [3.8, 4) is 0 Å². The molecule has 0 aliphatic heterocycles. The second-order valence-corrected chi connectivity index (χ2v) is 19.4. The van der Waals surface area contributed by atoms with Crippen LogP contribution >= 0.6 is 7.82 Å². The number of unbranched alkanes of at least 4 members (excludes halogenated alkanes) is 19. The summed E-state index contributed by atoms with van der Waals surface area (Å²) in [6.07, 6.45) is 58.3. The molecule has 0 saturated carbocycles. The van der Waals surface area contributed by atoms with Gasteiger partial charge in [0.25, 0.3) is 0 Å². The van der Waals surface area contributed by atoms with Gasteiger partial charge >= 0.3 is 25.7 Å². The number of rotatable bonds is 50. The van der Waals surface area contributed by atoms with Gasteiger partial charge in [-0.15, -0.1) is 0 Å². The number of phosphoric acid groups is 1. The summed E-state index contributed by atoms with van der Waals surface area (Å²) in [7, 11) is -4.75. The fraction of sp³-hybridized carbons (Fsp3) is 0.707. The van der Waals surface area contributed by atoms with Crippen LogP contribution in [-0.2, 0) is 42.2 Å². The average Bonchev–Trinajstić information content (AvgIpc) is 3.35. The van der Waals surface area contributed by atoms with Gasteiger partial charge in [-0.25, -0.2) is 4.57 Å². The number of carbonyl (C=O) groups is 3. The van der Waals surface area contributed by atoms with E-state index in [1.165, 1.54) is 44.9 Å². The minimum absolute atomic E-state index is 0.140. The van der Waals surface area contributed by atoms with E-state index in [0.29, 0.717) is 19.3 Å². The van der Waals surface area contributed by atoms with Crippen molar-refractivity contribution in [3.63, 3.8) is 0 Å². The predicted molar refractivity (Wildman–Crippen MR) is 288 cm³/mol. The molecule has 11 nitrogen and oxygen atoms in total. The summed E-state index contributed by atoms with van der Waals surface area (Å²) < 4.78 is 39.4. The van der Waals surface area contributed by atoms with E-state index in [9.17, 15) is 28.9 Å². The summed E-state index contributed by atoms with van der Waals surface area (Å²) in [5.74, 6) is -1.52. The number of hydrogen-bond acceptors (Lipinski definition) is 10. The Morgan fingerprint density at radius 3 is 1.14 bits per heavy atom. The second kappa shape index (κ2) is 52.0. The summed E-state index contributed by atoms with van der Waals surface area (Å²) in [5, 5.41) is 9.78. The molecule has 3 atom stereocenters. The second-order valence-electron chi connectivity index (χ2n) is 18.0. The van der Waals surface area contributed by atoms with Gasteiger partial charge in [0.05, 0.1) is 19.8 Å². The van der Waals surface area contributed by atoms with Gasteiger partial charge < -0.3 is 24.2 Å². The molecule has 0 heterocycles. The van der Waals surface area contributed by atoms with E-state index < -0.39 is 57.8 Å². The fourth-order valence-electron chi connectivity index (χ4n) is 7.18. The third-order valence-electron chi connectivity index (χ3n) is 11.3. The lowest BCUT2D eigenvalue weighted by molar-refractivity contribution is -0.161. The Hall–Kier alpha value is -3.34. The molecule has 70 heavy (non-hydrogen) atoms. The van der Waals surface area contributed by atoms with Crippen LogP contribution < -0.4 is 0 Å². The zero-order chi connectivity index (χ0) is 51.3. The van der Waals surface area contributed by atoms with Gasteiger partial charge in [0.15, 0.2) is 6.10 Å². The standard InChI is InChI=1S/C58H99O11P/c1-4-7-10-13-16-19-22-24-26-27-29-30-33-35-38-41-44-47-56(60)65-51-55(69-58(62)49-46-43-40-37-34-31-28-25-23-20-17-14-11-8-5-2)53-67-70(63,64)66-52-54(50-59)68-57(61)48-45-42-39-36-32-21-18-15-12-9-6-3/h7-8,10-11,16-17,19-20,24-26,28-30,54-55,59H,4-6,9,12-15,18,21-23,27,31-53H2,1-3H3,(H,63,64)/b10-7-,11-8-,19-16-,20-17-,26-24-,28-25-,30-29-. The maximum Gasteiger partial charge on any atom is 0.472 e. The lowest BCUT2D eigenvalue weighted by atomic mass is 10.1. The molecule has 0 radical (unpaired) electrons. The number of aliphatic hydroxyl groups excluding tert-OH is 1. The minimum atomic E-state index is -4.75. The van der Waals surface area contributed by atoms with Crippen LogP contribution in [0.25, 0.3) is 0 Å². The number of carbonyl (C=O) groups excluding carboxylic acids is 3. The lowest BCUT2D eigenvalue weighted by Gasteiger charge is -2.21. The molecule has 0 amide bonds. The number of allylic oxidation sites excluding steroid dienone is 14. The molecule has 0 saturated heterocycles. The molecule has 0 aromatic heterocycles. The monoisotopic (exact) mass is 1000 g/mol. The molecule has 0 bridgehead atoms. The number of esters is 3. The first-order valence-electron chi connectivity index (χ1n) is 27.5. The van der Waals surface area contributed by atoms with Crippen LogP contribution in [0.2, 0.25) is 0 Å². The van der Waals surface area contributed by atoms with Crippen molar-refractivity contribution in [1.82, 2.24) is 0 Å². The number of hydrogen-bond donors (Lipinski definition) is 2. The molecule has 0 aliphatic carbocycles. The predicted octanol–water partition coefficient (Wildman–Crippen LogP) is 15.9. The first-order valence-corrected chi connectivity index (χ1v) is 29.0. The molecule has 0 rings (SSSR count). The Morgan fingerprint density at radius 2 is 0.743 bits per heavy atom. The highest BCUT2D eigenvalue weighted by Gasteiger charge is 2.28. The highest BCUT2D eigenvalue weighted by molar-refractivity contribution is 7.47. The summed E-state index contributed by atoms with van der Waals surface area (Å²) in [5.41, 5.74) is 0. The highest BCUT2D eigenvalue weighted by Crippen LogP contribution is 2.43. The molecule has 402 valence electrons. The quantitative estimate of drug-likeness (QED) is 0.0197. The van der Waals surface area contributed by atoms with Crippen LogP contribution in [-0.4, -0.2) is 66.5 Å². The highest BCUT2D eigenvalue weighted by atomic mass is 31.2. The van der Waals surface area contributed by atoms with Gasteiger partial charge in [-0.05, 0) is 89.9 Å². The summed E-state index contributed by atoms with van der Waals surface area (Å²) in [6, 6.07) is 0. The van der Waals surface area contributed by atoms with E-state index in [1.807, 2.05) is 0 Å². The average molecular weight is 1000 g/mol. The Balaban J connectivity index is 4.81. The first-order chi connectivity index (χ1) is 34.2. The van der Waals surface area contributed by atoms with Gasteiger partial charge in [-0.1, -0.05) is 202 Å². The minimum Gasteiger partial charge on any atom is -0.462 e. The summed E-state index contributed by atoms with van der Waals surface area (Å²) in [4.78, 5) is 48.4. The first kappa shape index (κ1) is 66.7. The van der Waals surface area contributed by atoms with Crippen LogP contribution in [0.5, 0.6) is 0 Å². The Labute approximate surface area is 426 Å². The van der Waals surface area contributed by atoms with E-state index in [2.05, 4.69) is 106 Å². The van der Waals surface area contributed by atoms with E-state index in [-0.39, 0.29) is 25.9 Å². The summed E-state index contributed by atoms with van der Waals surface area (Å²) >= 11 is 0. The Bertz CT molecular complexity index is 1500. The topological polar surface area (TPSA) is 155 Å². The summed E-state index contributed by atoms with van der Waals surface area (Å²) in [6.45, 7) is 4.35. The van der Waals surface area contributed by atoms with E-state index >= 15 is 0 Å². The molecule has 0 spiro atoms. The molecule has 12 heteroatoms. The smallest absolute Gasteiger partial charge is 0.462 e. The van der Waals surface area contributed by atoms with Crippen molar-refractivity contribution in [2.45, 2.75) is 238 Å². The van der Waals surface area contributed by atoms with Gasteiger partial charge in [0.2, 0.25) is 0 Å². The van der Waals surface area contributed by atoms with Crippen LogP contribution in [0.15, 0.2) is 85.1 Å². The largest absolute Gasteiger partial charge is 0.472 e. The third-order valence-corrected chi connectivity index (χ3v) is 12.3. The van der Waals surface area contributed by atoms with Gasteiger partial charge in [0.1, 0.15) is 12.7 Å². The lowest BCUT2D eigenvalue weighted by Crippen LogP contribution is -2.30. The van der Waals surface area contributed by atoms with E-state index in [4.69, 9.17) is 23.3 Å². The van der Waals surface area contributed by atoms with Crippen LogP contribution in [0.3, 0.4) is 0 Å².